The lowest BCUT2D eigenvalue weighted by Crippen LogP contribution is -2.43. The number of rotatable bonds is 5. The summed E-state index contributed by atoms with van der Waals surface area (Å²) >= 11 is 0. The first-order valence-corrected chi connectivity index (χ1v) is 8.60. The summed E-state index contributed by atoms with van der Waals surface area (Å²) in [6.07, 6.45) is 1.85. The van der Waals surface area contributed by atoms with Crippen molar-refractivity contribution in [2.45, 2.75) is 52.0 Å². The first-order chi connectivity index (χ1) is 10.9. The number of piperidine rings is 1. The molecule has 1 fully saturated rings. The molecule has 128 valence electrons. The van der Waals surface area contributed by atoms with E-state index in [-0.39, 0.29) is 23.3 Å². The minimum Gasteiger partial charge on any atom is -0.491 e. The highest BCUT2D eigenvalue weighted by Gasteiger charge is 2.22. The summed E-state index contributed by atoms with van der Waals surface area (Å²) in [6, 6.07) is 8.23. The van der Waals surface area contributed by atoms with Crippen molar-refractivity contribution >= 4 is 5.91 Å². The Kier molecular flexibility index (Phi) is 6.05. The summed E-state index contributed by atoms with van der Waals surface area (Å²) in [5.41, 5.74) is 1.44. The molecule has 4 heteroatoms. The van der Waals surface area contributed by atoms with E-state index >= 15 is 0 Å². The van der Waals surface area contributed by atoms with Crippen molar-refractivity contribution in [2.75, 3.05) is 19.7 Å². The molecule has 0 radical (unpaired) electrons. The molecule has 0 aliphatic carbocycles. The largest absolute Gasteiger partial charge is 0.491 e. The Morgan fingerprint density at radius 3 is 2.43 bits per heavy atom. The van der Waals surface area contributed by atoms with Crippen LogP contribution in [0.4, 0.5) is 0 Å². The first-order valence-electron chi connectivity index (χ1n) is 8.60. The highest BCUT2D eigenvalue weighted by Crippen LogP contribution is 2.24. The maximum absolute atomic E-state index is 12.2. The van der Waals surface area contributed by atoms with Crippen molar-refractivity contribution in [3.8, 4) is 5.75 Å². The van der Waals surface area contributed by atoms with E-state index in [1.165, 1.54) is 5.56 Å². The molecule has 0 spiro atoms. The third kappa shape index (κ3) is 5.54. The molecule has 1 aromatic carbocycles. The van der Waals surface area contributed by atoms with Gasteiger partial charge in [0.05, 0.1) is 6.04 Å². The average Bonchev–Trinajstić information content (AvgIpc) is 2.53. The molecule has 1 atom stereocenters. The number of hydrogen-bond acceptors (Lipinski definition) is 3. The summed E-state index contributed by atoms with van der Waals surface area (Å²) in [5.74, 6) is 1.15. The molecule has 1 aromatic rings. The molecule has 2 rings (SSSR count). The first kappa shape index (κ1) is 17.8. The van der Waals surface area contributed by atoms with Gasteiger partial charge in [-0.15, -0.1) is 0 Å². The van der Waals surface area contributed by atoms with Crippen LogP contribution in [0, 0.1) is 5.92 Å². The van der Waals surface area contributed by atoms with Gasteiger partial charge in [0.2, 0.25) is 5.91 Å². The maximum atomic E-state index is 12.2. The summed E-state index contributed by atoms with van der Waals surface area (Å²) in [7, 11) is 0. The Bertz CT molecular complexity index is 499. The van der Waals surface area contributed by atoms with Gasteiger partial charge >= 0.3 is 0 Å². The molecule has 2 N–H and O–H groups in total. The van der Waals surface area contributed by atoms with Gasteiger partial charge in [-0.3, -0.25) is 4.79 Å². The summed E-state index contributed by atoms with van der Waals surface area (Å²) < 4.78 is 5.80. The topological polar surface area (TPSA) is 50.4 Å². The highest BCUT2D eigenvalue weighted by atomic mass is 16.5. The zero-order valence-corrected chi connectivity index (χ0v) is 14.8. The Labute approximate surface area is 140 Å². The fourth-order valence-corrected chi connectivity index (χ4v) is 2.76. The molecule has 1 heterocycles. The van der Waals surface area contributed by atoms with Crippen LogP contribution in [-0.4, -0.2) is 31.6 Å². The minimum atomic E-state index is 0.0136. The highest BCUT2D eigenvalue weighted by molar-refractivity contribution is 5.79. The average molecular weight is 318 g/mol. The van der Waals surface area contributed by atoms with E-state index in [2.05, 4.69) is 43.5 Å². The number of amides is 1. The van der Waals surface area contributed by atoms with Crippen molar-refractivity contribution in [1.82, 2.24) is 10.6 Å². The SMILES string of the molecule is CC(COc1ccc(C(C)(C)C)cc1)NC(=O)C1CCNCC1. The van der Waals surface area contributed by atoms with Crippen molar-refractivity contribution in [3.63, 3.8) is 0 Å². The van der Waals surface area contributed by atoms with E-state index in [1.807, 2.05) is 19.1 Å². The van der Waals surface area contributed by atoms with Crippen LogP contribution in [-0.2, 0) is 10.2 Å². The monoisotopic (exact) mass is 318 g/mol. The molecule has 1 saturated heterocycles. The van der Waals surface area contributed by atoms with Crippen molar-refractivity contribution in [2.24, 2.45) is 5.92 Å². The molecule has 4 nitrogen and oxygen atoms in total. The van der Waals surface area contributed by atoms with Crippen molar-refractivity contribution in [1.29, 1.82) is 0 Å². The lowest BCUT2D eigenvalue weighted by Gasteiger charge is -2.24. The third-order valence-electron chi connectivity index (χ3n) is 4.32. The van der Waals surface area contributed by atoms with Crippen LogP contribution in [0.15, 0.2) is 24.3 Å². The Morgan fingerprint density at radius 1 is 1.26 bits per heavy atom. The van der Waals surface area contributed by atoms with Gasteiger partial charge in [0.25, 0.3) is 0 Å². The quantitative estimate of drug-likeness (QED) is 0.878. The summed E-state index contributed by atoms with van der Waals surface area (Å²) in [5, 5.41) is 6.34. The number of ether oxygens (including phenoxy) is 1. The predicted molar refractivity (Wildman–Crippen MR) is 93.8 cm³/mol. The zero-order valence-electron chi connectivity index (χ0n) is 14.8. The van der Waals surface area contributed by atoms with Crippen LogP contribution in [0.1, 0.15) is 46.1 Å². The lowest BCUT2D eigenvalue weighted by molar-refractivity contribution is -0.126. The van der Waals surface area contributed by atoms with Crippen LogP contribution in [0.25, 0.3) is 0 Å². The molecule has 23 heavy (non-hydrogen) atoms. The second-order valence-electron chi connectivity index (χ2n) is 7.52. The molecule has 1 unspecified atom stereocenters. The standard InChI is InChI=1S/C19H30N2O2/c1-14(21-18(22)15-9-11-20-12-10-15)13-23-17-7-5-16(6-8-17)19(2,3)4/h5-8,14-15,20H,9-13H2,1-4H3,(H,21,22). The van der Waals surface area contributed by atoms with Gasteiger partial charge in [0.1, 0.15) is 12.4 Å². The van der Waals surface area contributed by atoms with Gasteiger partial charge in [0.15, 0.2) is 0 Å². The second-order valence-corrected chi connectivity index (χ2v) is 7.52. The van der Waals surface area contributed by atoms with Crippen LogP contribution in [0.3, 0.4) is 0 Å². The lowest BCUT2D eigenvalue weighted by atomic mass is 9.87. The molecular formula is C19H30N2O2. The molecule has 0 bridgehead atoms. The normalized spacial score (nSPS) is 17.6. The maximum Gasteiger partial charge on any atom is 0.223 e. The Balaban J connectivity index is 1.77. The third-order valence-corrected chi connectivity index (χ3v) is 4.32. The minimum absolute atomic E-state index is 0.0136. The number of benzene rings is 1. The number of hydrogen-bond donors (Lipinski definition) is 2. The fraction of sp³-hybridized carbons (Fsp3) is 0.632. The second kappa shape index (κ2) is 7.82. The summed E-state index contributed by atoms with van der Waals surface area (Å²) in [6.45, 7) is 10.9. The van der Waals surface area contributed by atoms with Crippen LogP contribution in [0.5, 0.6) is 5.75 Å². The molecule has 1 aliphatic heterocycles. The predicted octanol–water partition coefficient (Wildman–Crippen LogP) is 2.87. The number of carbonyl (C=O) groups is 1. The van der Waals surface area contributed by atoms with E-state index in [9.17, 15) is 4.79 Å². The van der Waals surface area contributed by atoms with Gasteiger partial charge in [0, 0.05) is 5.92 Å². The zero-order chi connectivity index (χ0) is 16.9. The van der Waals surface area contributed by atoms with Crippen LogP contribution >= 0.6 is 0 Å². The van der Waals surface area contributed by atoms with Gasteiger partial charge in [-0.1, -0.05) is 32.9 Å². The van der Waals surface area contributed by atoms with Crippen molar-refractivity contribution < 1.29 is 9.53 Å². The number of carbonyl (C=O) groups excluding carboxylic acids is 1. The van der Waals surface area contributed by atoms with E-state index in [1.54, 1.807) is 0 Å². The molecular weight excluding hydrogens is 288 g/mol. The van der Waals surface area contributed by atoms with Gasteiger partial charge < -0.3 is 15.4 Å². The smallest absolute Gasteiger partial charge is 0.223 e. The summed E-state index contributed by atoms with van der Waals surface area (Å²) in [4.78, 5) is 12.2. The van der Waals surface area contributed by atoms with E-state index < -0.39 is 0 Å². The Hall–Kier alpha value is -1.55. The van der Waals surface area contributed by atoms with Gasteiger partial charge in [-0.25, -0.2) is 0 Å². The van der Waals surface area contributed by atoms with E-state index in [0.29, 0.717) is 6.61 Å². The molecule has 1 amide bonds. The van der Waals surface area contributed by atoms with E-state index in [4.69, 9.17) is 4.74 Å². The fourth-order valence-electron chi connectivity index (χ4n) is 2.76. The Morgan fingerprint density at radius 2 is 1.87 bits per heavy atom. The molecule has 0 aromatic heterocycles. The van der Waals surface area contributed by atoms with Crippen LogP contribution < -0.4 is 15.4 Å². The molecule has 0 saturated carbocycles. The van der Waals surface area contributed by atoms with Crippen molar-refractivity contribution in [3.05, 3.63) is 29.8 Å². The number of nitrogens with one attached hydrogen (secondary N) is 2. The van der Waals surface area contributed by atoms with Crippen LogP contribution in [0.2, 0.25) is 0 Å². The van der Waals surface area contributed by atoms with Gasteiger partial charge in [-0.2, -0.15) is 0 Å². The van der Waals surface area contributed by atoms with Gasteiger partial charge in [-0.05, 0) is 56.0 Å². The van der Waals surface area contributed by atoms with E-state index in [0.717, 1.165) is 31.7 Å². The molecule has 1 aliphatic rings.